The molecule has 1 aromatic heterocycles. The van der Waals surface area contributed by atoms with Crippen molar-refractivity contribution in [3.05, 3.63) is 60.4 Å². The Morgan fingerprint density at radius 3 is 2.68 bits per heavy atom. The highest BCUT2D eigenvalue weighted by Crippen LogP contribution is 2.20. The summed E-state index contributed by atoms with van der Waals surface area (Å²) in [5.74, 6) is 1.27. The normalized spacial score (nSPS) is 11.0. The fraction of sp³-hybridized carbons (Fsp3) is 0.118. The van der Waals surface area contributed by atoms with Gasteiger partial charge in [0.05, 0.1) is 23.7 Å². The standard InChI is InChI=1S/C17H15N3O2/c1-2-21-14-9-7-13(8-10-14)11-20-22-17-15-5-3-4-6-16(15)18-12-19-17/h3-12H,2H2,1H3/b20-11+. The van der Waals surface area contributed by atoms with Gasteiger partial charge in [-0.05, 0) is 48.9 Å². The van der Waals surface area contributed by atoms with Gasteiger partial charge < -0.3 is 9.57 Å². The molecule has 0 N–H and O–H groups in total. The number of hydrogen-bond acceptors (Lipinski definition) is 5. The molecule has 0 aliphatic rings. The molecule has 0 unspecified atom stereocenters. The van der Waals surface area contributed by atoms with E-state index in [1.54, 1.807) is 6.21 Å². The lowest BCUT2D eigenvalue weighted by Crippen LogP contribution is -1.93. The van der Waals surface area contributed by atoms with Crippen LogP contribution in [0.15, 0.2) is 60.0 Å². The van der Waals surface area contributed by atoms with Gasteiger partial charge >= 0.3 is 0 Å². The number of fused-ring (bicyclic) bond motifs is 1. The third-order valence-electron chi connectivity index (χ3n) is 3.04. The second kappa shape index (κ2) is 6.67. The molecule has 0 amide bonds. The van der Waals surface area contributed by atoms with Crippen molar-refractivity contribution in [2.24, 2.45) is 5.16 Å². The number of benzene rings is 2. The van der Waals surface area contributed by atoms with Gasteiger partial charge in [-0.3, -0.25) is 0 Å². The Labute approximate surface area is 128 Å². The number of aromatic nitrogens is 2. The van der Waals surface area contributed by atoms with Crippen LogP contribution in [0.5, 0.6) is 11.6 Å². The van der Waals surface area contributed by atoms with E-state index in [0.29, 0.717) is 12.5 Å². The Balaban J connectivity index is 1.73. The summed E-state index contributed by atoms with van der Waals surface area (Å²) in [6, 6.07) is 15.2. The fourth-order valence-electron chi connectivity index (χ4n) is 2.01. The monoisotopic (exact) mass is 293 g/mol. The Bertz CT molecular complexity index is 780. The van der Waals surface area contributed by atoms with Crippen LogP contribution >= 0.6 is 0 Å². The first-order valence-corrected chi connectivity index (χ1v) is 7.00. The van der Waals surface area contributed by atoms with E-state index < -0.39 is 0 Å². The van der Waals surface area contributed by atoms with Crippen molar-refractivity contribution in [3.63, 3.8) is 0 Å². The average Bonchev–Trinajstić information content (AvgIpc) is 2.57. The molecular formula is C17H15N3O2. The minimum atomic E-state index is 0.438. The predicted molar refractivity (Wildman–Crippen MR) is 85.4 cm³/mol. The molecule has 110 valence electrons. The van der Waals surface area contributed by atoms with Crippen molar-refractivity contribution in [2.75, 3.05) is 6.61 Å². The summed E-state index contributed by atoms with van der Waals surface area (Å²) in [5, 5.41) is 4.81. The lowest BCUT2D eigenvalue weighted by atomic mass is 10.2. The zero-order valence-electron chi connectivity index (χ0n) is 12.1. The average molecular weight is 293 g/mol. The zero-order valence-corrected chi connectivity index (χ0v) is 12.1. The molecule has 3 rings (SSSR count). The highest BCUT2D eigenvalue weighted by molar-refractivity contribution is 5.83. The number of oxime groups is 1. The van der Waals surface area contributed by atoms with Crippen LogP contribution in [-0.4, -0.2) is 22.8 Å². The maximum absolute atomic E-state index is 5.39. The largest absolute Gasteiger partial charge is 0.494 e. The molecule has 1 heterocycles. The molecule has 0 fully saturated rings. The van der Waals surface area contributed by atoms with E-state index in [1.165, 1.54) is 6.33 Å². The second-order valence-electron chi connectivity index (χ2n) is 4.52. The third kappa shape index (κ3) is 3.20. The molecule has 0 radical (unpaired) electrons. The van der Waals surface area contributed by atoms with Crippen LogP contribution in [0.2, 0.25) is 0 Å². The van der Waals surface area contributed by atoms with Gasteiger partial charge in [-0.25, -0.2) is 4.98 Å². The predicted octanol–water partition coefficient (Wildman–Crippen LogP) is 3.44. The first kappa shape index (κ1) is 14.0. The lowest BCUT2D eigenvalue weighted by molar-refractivity contribution is 0.334. The van der Waals surface area contributed by atoms with E-state index in [4.69, 9.17) is 9.57 Å². The van der Waals surface area contributed by atoms with Gasteiger partial charge in [0.1, 0.15) is 12.1 Å². The molecule has 0 bridgehead atoms. The van der Waals surface area contributed by atoms with Crippen molar-refractivity contribution in [2.45, 2.75) is 6.92 Å². The number of ether oxygens (including phenoxy) is 1. The Hall–Kier alpha value is -2.95. The van der Waals surface area contributed by atoms with Gasteiger partial charge in [-0.15, -0.1) is 0 Å². The summed E-state index contributed by atoms with van der Waals surface area (Å²) in [7, 11) is 0. The Morgan fingerprint density at radius 2 is 1.86 bits per heavy atom. The van der Waals surface area contributed by atoms with E-state index in [1.807, 2.05) is 55.5 Å². The first-order chi connectivity index (χ1) is 10.9. The smallest absolute Gasteiger partial charge is 0.259 e. The van der Waals surface area contributed by atoms with Gasteiger partial charge in [0, 0.05) is 0 Å². The highest BCUT2D eigenvalue weighted by Gasteiger charge is 2.03. The van der Waals surface area contributed by atoms with Crippen molar-refractivity contribution < 1.29 is 9.57 Å². The van der Waals surface area contributed by atoms with E-state index in [0.717, 1.165) is 22.2 Å². The van der Waals surface area contributed by atoms with Crippen LogP contribution in [0.25, 0.3) is 10.9 Å². The molecule has 5 heteroatoms. The van der Waals surface area contributed by atoms with Crippen molar-refractivity contribution in [1.29, 1.82) is 0 Å². The molecule has 5 nitrogen and oxygen atoms in total. The van der Waals surface area contributed by atoms with E-state index in [9.17, 15) is 0 Å². The maximum atomic E-state index is 5.39. The van der Waals surface area contributed by atoms with E-state index in [-0.39, 0.29) is 0 Å². The van der Waals surface area contributed by atoms with Crippen LogP contribution in [0, 0.1) is 0 Å². The topological polar surface area (TPSA) is 56.6 Å². The van der Waals surface area contributed by atoms with Crippen LogP contribution in [0.4, 0.5) is 0 Å². The number of para-hydroxylation sites is 1. The van der Waals surface area contributed by atoms with Gasteiger partial charge in [0.25, 0.3) is 5.88 Å². The van der Waals surface area contributed by atoms with Crippen molar-refractivity contribution in [3.8, 4) is 11.6 Å². The summed E-state index contributed by atoms with van der Waals surface area (Å²) in [5.41, 5.74) is 1.74. The minimum Gasteiger partial charge on any atom is -0.494 e. The lowest BCUT2D eigenvalue weighted by Gasteiger charge is -2.03. The summed E-state index contributed by atoms with van der Waals surface area (Å²) < 4.78 is 5.39. The molecule has 3 aromatic rings. The second-order valence-corrected chi connectivity index (χ2v) is 4.52. The minimum absolute atomic E-state index is 0.438. The summed E-state index contributed by atoms with van der Waals surface area (Å²) in [4.78, 5) is 13.7. The molecule has 0 saturated carbocycles. The number of hydrogen-bond donors (Lipinski definition) is 0. The number of rotatable bonds is 5. The van der Waals surface area contributed by atoms with Gasteiger partial charge in [0.15, 0.2) is 0 Å². The number of nitrogens with zero attached hydrogens (tertiary/aromatic N) is 3. The third-order valence-corrected chi connectivity index (χ3v) is 3.04. The molecular weight excluding hydrogens is 278 g/mol. The Kier molecular flexibility index (Phi) is 4.25. The molecule has 0 aliphatic heterocycles. The van der Waals surface area contributed by atoms with Gasteiger partial charge in [-0.1, -0.05) is 17.3 Å². The summed E-state index contributed by atoms with van der Waals surface area (Å²) in [6.45, 7) is 2.60. The van der Waals surface area contributed by atoms with Crippen LogP contribution in [0.3, 0.4) is 0 Å². The molecule has 0 saturated heterocycles. The molecule has 0 aliphatic carbocycles. The van der Waals surface area contributed by atoms with E-state index in [2.05, 4.69) is 15.1 Å². The highest BCUT2D eigenvalue weighted by atomic mass is 16.6. The zero-order chi connectivity index (χ0) is 15.2. The van der Waals surface area contributed by atoms with Crippen molar-refractivity contribution in [1.82, 2.24) is 9.97 Å². The van der Waals surface area contributed by atoms with Gasteiger partial charge in [0.2, 0.25) is 0 Å². The van der Waals surface area contributed by atoms with E-state index >= 15 is 0 Å². The van der Waals surface area contributed by atoms with Gasteiger partial charge in [-0.2, -0.15) is 4.98 Å². The maximum Gasteiger partial charge on any atom is 0.259 e. The quantitative estimate of drug-likeness (QED) is 0.534. The molecule has 0 atom stereocenters. The fourth-order valence-corrected chi connectivity index (χ4v) is 2.01. The van der Waals surface area contributed by atoms with Crippen LogP contribution in [-0.2, 0) is 0 Å². The van der Waals surface area contributed by atoms with Crippen molar-refractivity contribution >= 4 is 17.1 Å². The van der Waals surface area contributed by atoms with Crippen LogP contribution < -0.4 is 9.57 Å². The summed E-state index contributed by atoms with van der Waals surface area (Å²) >= 11 is 0. The Morgan fingerprint density at radius 1 is 1.05 bits per heavy atom. The molecule has 22 heavy (non-hydrogen) atoms. The first-order valence-electron chi connectivity index (χ1n) is 7.00. The molecule has 2 aromatic carbocycles. The molecule has 0 spiro atoms. The SMILES string of the molecule is CCOc1ccc(/C=N/Oc2ncnc3ccccc23)cc1. The van der Waals surface area contributed by atoms with Crippen LogP contribution in [0.1, 0.15) is 12.5 Å². The summed E-state index contributed by atoms with van der Waals surface area (Å²) in [6.07, 6.45) is 3.09.